The molecule has 0 bridgehead atoms. The lowest BCUT2D eigenvalue weighted by molar-refractivity contribution is 0.0962. The number of para-hydroxylation sites is 1. The van der Waals surface area contributed by atoms with Crippen LogP contribution < -0.4 is 10.9 Å². The summed E-state index contributed by atoms with van der Waals surface area (Å²) in [5.74, 6) is -0.137. The molecule has 2 aromatic carbocycles. The molecule has 0 heterocycles. The molecule has 0 fully saturated rings. The maximum absolute atomic E-state index is 11.9. The Morgan fingerprint density at radius 3 is 2.33 bits per heavy atom. The van der Waals surface area contributed by atoms with Gasteiger partial charge in [-0.05, 0) is 49.2 Å². The number of carbonyl (C=O) groups is 1. The molecule has 0 unspecified atom stereocenters. The summed E-state index contributed by atoms with van der Waals surface area (Å²) in [7, 11) is 0. The van der Waals surface area contributed by atoms with Gasteiger partial charge in [0.15, 0.2) is 0 Å². The van der Waals surface area contributed by atoms with Crippen molar-refractivity contribution in [2.45, 2.75) is 13.8 Å². The van der Waals surface area contributed by atoms with Crippen molar-refractivity contribution < 1.29 is 4.79 Å². The van der Waals surface area contributed by atoms with Crippen molar-refractivity contribution in [1.82, 2.24) is 5.43 Å². The van der Waals surface area contributed by atoms with Gasteiger partial charge in [0, 0.05) is 5.56 Å². The van der Waals surface area contributed by atoms with Gasteiger partial charge < -0.3 is 0 Å². The third-order valence-corrected chi connectivity index (χ3v) is 2.86. The number of anilines is 1. The molecule has 0 radical (unpaired) electrons. The number of hydrogen-bond acceptors (Lipinski definition) is 2. The van der Waals surface area contributed by atoms with Crippen LogP contribution in [0.1, 0.15) is 21.5 Å². The average molecular weight is 240 g/mol. The van der Waals surface area contributed by atoms with E-state index in [1.165, 1.54) is 5.56 Å². The molecule has 0 atom stereocenters. The van der Waals surface area contributed by atoms with Gasteiger partial charge in [-0.1, -0.05) is 24.3 Å². The van der Waals surface area contributed by atoms with Gasteiger partial charge in [-0.2, -0.15) is 0 Å². The number of hydrazine groups is 1. The van der Waals surface area contributed by atoms with Crippen molar-refractivity contribution in [2.24, 2.45) is 0 Å². The van der Waals surface area contributed by atoms with Gasteiger partial charge in [-0.3, -0.25) is 15.6 Å². The molecule has 0 aliphatic heterocycles. The number of nitrogens with one attached hydrogen (secondary N) is 2. The van der Waals surface area contributed by atoms with E-state index >= 15 is 0 Å². The van der Waals surface area contributed by atoms with Crippen LogP contribution >= 0.6 is 0 Å². The molecule has 0 aromatic heterocycles. The van der Waals surface area contributed by atoms with Crippen molar-refractivity contribution in [3.8, 4) is 0 Å². The Labute approximate surface area is 107 Å². The van der Waals surface area contributed by atoms with E-state index in [-0.39, 0.29) is 5.91 Å². The van der Waals surface area contributed by atoms with E-state index in [9.17, 15) is 4.79 Å². The van der Waals surface area contributed by atoms with Crippen molar-refractivity contribution >= 4 is 11.6 Å². The van der Waals surface area contributed by atoms with Crippen LogP contribution in [-0.4, -0.2) is 5.91 Å². The summed E-state index contributed by atoms with van der Waals surface area (Å²) in [6.45, 7) is 4.02. The fourth-order valence-corrected chi connectivity index (χ4v) is 1.61. The largest absolute Gasteiger partial charge is 0.298 e. The maximum Gasteiger partial charge on any atom is 0.269 e. The molecule has 0 aliphatic rings. The predicted molar refractivity (Wildman–Crippen MR) is 73.4 cm³/mol. The predicted octanol–water partition coefficient (Wildman–Crippen LogP) is 3.06. The Bertz CT molecular complexity index is 550. The van der Waals surface area contributed by atoms with Gasteiger partial charge in [-0.15, -0.1) is 0 Å². The summed E-state index contributed by atoms with van der Waals surface area (Å²) in [6.07, 6.45) is 0. The lowest BCUT2D eigenvalue weighted by Gasteiger charge is -2.09. The van der Waals surface area contributed by atoms with E-state index in [2.05, 4.69) is 10.9 Å². The van der Waals surface area contributed by atoms with Crippen molar-refractivity contribution in [2.75, 3.05) is 5.43 Å². The number of amides is 1. The van der Waals surface area contributed by atoms with Gasteiger partial charge in [0.1, 0.15) is 0 Å². The molecule has 3 nitrogen and oxygen atoms in total. The molecular formula is C15H16N2O. The Morgan fingerprint density at radius 1 is 0.944 bits per heavy atom. The minimum absolute atomic E-state index is 0.137. The quantitative estimate of drug-likeness (QED) is 0.809. The number of aryl methyl sites for hydroxylation is 2. The summed E-state index contributed by atoms with van der Waals surface area (Å²) in [6, 6.07) is 15.2. The minimum Gasteiger partial charge on any atom is -0.298 e. The number of rotatable bonds is 3. The van der Waals surface area contributed by atoms with Crippen molar-refractivity contribution in [1.29, 1.82) is 0 Å². The molecule has 0 saturated heterocycles. The number of carbonyl (C=O) groups excluding carboxylic acids is 1. The standard InChI is InChI=1S/C15H16N2O/c1-11-8-9-13(10-12(11)2)15(18)17-16-14-6-4-3-5-7-14/h3-10,16H,1-2H3,(H,17,18). The summed E-state index contributed by atoms with van der Waals surface area (Å²) < 4.78 is 0. The number of benzene rings is 2. The van der Waals surface area contributed by atoms with Crippen LogP contribution in [-0.2, 0) is 0 Å². The third kappa shape index (κ3) is 2.88. The fraction of sp³-hybridized carbons (Fsp3) is 0.133. The van der Waals surface area contributed by atoms with E-state index in [1.807, 2.05) is 62.4 Å². The van der Waals surface area contributed by atoms with E-state index in [0.29, 0.717) is 5.56 Å². The zero-order valence-electron chi connectivity index (χ0n) is 10.5. The molecule has 18 heavy (non-hydrogen) atoms. The third-order valence-electron chi connectivity index (χ3n) is 2.86. The average Bonchev–Trinajstić information content (AvgIpc) is 2.40. The molecule has 3 heteroatoms. The summed E-state index contributed by atoms with van der Waals surface area (Å²) in [5, 5.41) is 0. The molecule has 2 rings (SSSR count). The van der Waals surface area contributed by atoms with Gasteiger partial charge >= 0.3 is 0 Å². The highest BCUT2D eigenvalue weighted by Gasteiger charge is 2.05. The number of hydrogen-bond donors (Lipinski definition) is 2. The van der Waals surface area contributed by atoms with Crippen molar-refractivity contribution in [3.05, 3.63) is 65.2 Å². The Hall–Kier alpha value is -2.29. The van der Waals surface area contributed by atoms with E-state index in [4.69, 9.17) is 0 Å². The Kier molecular flexibility index (Phi) is 3.63. The molecule has 2 N–H and O–H groups in total. The van der Waals surface area contributed by atoms with Gasteiger partial charge in [-0.25, -0.2) is 0 Å². The van der Waals surface area contributed by atoms with Gasteiger partial charge in [0.05, 0.1) is 5.69 Å². The van der Waals surface area contributed by atoms with Crippen LogP contribution in [0.5, 0.6) is 0 Å². The van der Waals surface area contributed by atoms with Crippen LogP contribution in [0.3, 0.4) is 0 Å². The second-order valence-electron chi connectivity index (χ2n) is 4.24. The molecule has 2 aromatic rings. The first-order chi connectivity index (χ1) is 8.66. The Morgan fingerprint density at radius 2 is 1.67 bits per heavy atom. The summed E-state index contributed by atoms with van der Waals surface area (Å²) in [5.41, 5.74) is 9.36. The highest BCUT2D eigenvalue weighted by Crippen LogP contribution is 2.10. The molecule has 92 valence electrons. The monoisotopic (exact) mass is 240 g/mol. The normalized spacial score (nSPS) is 9.89. The van der Waals surface area contributed by atoms with E-state index in [1.54, 1.807) is 0 Å². The highest BCUT2D eigenvalue weighted by atomic mass is 16.2. The van der Waals surface area contributed by atoms with Crippen LogP contribution in [0.25, 0.3) is 0 Å². The lowest BCUT2D eigenvalue weighted by atomic mass is 10.1. The first kappa shape index (κ1) is 12.2. The second kappa shape index (κ2) is 5.36. The molecule has 1 amide bonds. The van der Waals surface area contributed by atoms with Gasteiger partial charge in [0.25, 0.3) is 5.91 Å². The van der Waals surface area contributed by atoms with Crippen LogP contribution in [0, 0.1) is 13.8 Å². The minimum atomic E-state index is -0.137. The van der Waals surface area contributed by atoms with Crippen LogP contribution in [0.15, 0.2) is 48.5 Å². The van der Waals surface area contributed by atoms with Crippen molar-refractivity contribution in [3.63, 3.8) is 0 Å². The first-order valence-electron chi connectivity index (χ1n) is 5.85. The van der Waals surface area contributed by atoms with Gasteiger partial charge in [0.2, 0.25) is 0 Å². The van der Waals surface area contributed by atoms with E-state index < -0.39 is 0 Å². The maximum atomic E-state index is 11.9. The second-order valence-corrected chi connectivity index (χ2v) is 4.24. The lowest BCUT2D eigenvalue weighted by Crippen LogP contribution is -2.29. The first-order valence-corrected chi connectivity index (χ1v) is 5.85. The summed E-state index contributed by atoms with van der Waals surface area (Å²) >= 11 is 0. The van der Waals surface area contributed by atoms with Crippen LogP contribution in [0.4, 0.5) is 5.69 Å². The molecule has 0 spiro atoms. The zero-order chi connectivity index (χ0) is 13.0. The molecular weight excluding hydrogens is 224 g/mol. The highest BCUT2D eigenvalue weighted by molar-refractivity contribution is 5.95. The van der Waals surface area contributed by atoms with Crippen LogP contribution in [0.2, 0.25) is 0 Å². The zero-order valence-corrected chi connectivity index (χ0v) is 10.5. The Balaban J connectivity index is 2.02. The molecule has 0 aliphatic carbocycles. The smallest absolute Gasteiger partial charge is 0.269 e. The SMILES string of the molecule is Cc1ccc(C(=O)NNc2ccccc2)cc1C. The molecule has 0 saturated carbocycles. The van der Waals surface area contributed by atoms with E-state index in [0.717, 1.165) is 11.3 Å². The summed E-state index contributed by atoms with van der Waals surface area (Å²) in [4.78, 5) is 11.9. The topological polar surface area (TPSA) is 41.1 Å². The fourth-order valence-electron chi connectivity index (χ4n) is 1.61.